The minimum atomic E-state index is 0.498. The molecule has 1 atom stereocenters. The van der Waals surface area contributed by atoms with Crippen LogP contribution in [0.25, 0.3) is 0 Å². The van der Waals surface area contributed by atoms with Crippen molar-refractivity contribution in [3.05, 3.63) is 34.5 Å². The molecule has 2 heteroatoms. The number of allylic oxidation sites excluding steroid dienone is 1. The standard InChI is InChI=1S/C12H19NS/c1-4-6-7-11(13-3)12-9-8-10(5-2)14-12/h4,8-9,11,13H,1,5-7H2,2-3H3. The average Bonchev–Trinajstić information content (AvgIpc) is 2.68. The summed E-state index contributed by atoms with van der Waals surface area (Å²) in [5.74, 6) is 0. The summed E-state index contributed by atoms with van der Waals surface area (Å²) in [4.78, 5) is 2.92. The van der Waals surface area contributed by atoms with Crippen molar-refractivity contribution in [1.82, 2.24) is 5.32 Å². The highest BCUT2D eigenvalue weighted by Crippen LogP contribution is 2.26. The average molecular weight is 209 g/mol. The molecule has 78 valence electrons. The Kier molecular flexibility index (Phi) is 4.91. The van der Waals surface area contributed by atoms with E-state index in [1.807, 2.05) is 24.5 Å². The SMILES string of the molecule is C=CCCC(NC)c1ccc(CC)s1. The fraction of sp³-hybridized carbons (Fsp3) is 0.500. The molecule has 14 heavy (non-hydrogen) atoms. The second-order valence-corrected chi connectivity index (χ2v) is 4.56. The number of nitrogens with one attached hydrogen (secondary N) is 1. The van der Waals surface area contributed by atoms with Gasteiger partial charge in [0.1, 0.15) is 0 Å². The zero-order valence-electron chi connectivity index (χ0n) is 9.05. The van der Waals surface area contributed by atoms with Crippen LogP contribution < -0.4 is 5.32 Å². The van der Waals surface area contributed by atoms with E-state index in [2.05, 4.69) is 31.0 Å². The molecule has 0 bridgehead atoms. The number of rotatable bonds is 6. The van der Waals surface area contributed by atoms with E-state index in [4.69, 9.17) is 0 Å². The first kappa shape index (κ1) is 11.5. The second kappa shape index (κ2) is 5.99. The van der Waals surface area contributed by atoms with Gasteiger partial charge < -0.3 is 5.32 Å². The zero-order valence-corrected chi connectivity index (χ0v) is 9.86. The molecule has 0 saturated heterocycles. The topological polar surface area (TPSA) is 12.0 Å². The highest BCUT2D eigenvalue weighted by atomic mass is 32.1. The number of aryl methyl sites for hydroxylation is 1. The van der Waals surface area contributed by atoms with Crippen LogP contribution in [-0.4, -0.2) is 7.05 Å². The molecule has 0 aromatic carbocycles. The van der Waals surface area contributed by atoms with Crippen molar-refractivity contribution in [1.29, 1.82) is 0 Å². The van der Waals surface area contributed by atoms with Crippen molar-refractivity contribution >= 4 is 11.3 Å². The van der Waals surface area contributed by atoms with Gasteiger partial charge in [-0.2, -0.15) is 0 Å². The van der Waals surface area contributed by atoms with E-state index in [0.717, 1.165) is 19.3 Å². The van der Waals surface area contributed by atoms with E-state index in [1.165, 1.54) is 9.75 Å². The maximum absolute atomic E-state index is 3.76. The minimum Gasteiger partial charge on any atom is -0.312 e. The predicted octanol–water partition coefficient (Wildman–Crippen LogP) is 3.54. The van der Waals surface area contributed by atoms with Crippen molar-refractivity contribution in [2.75, 3.05) is 7.05 Å². The molecule has 0 aliphatic carbocycles. The summed E-state index contributed by atoms with van der Waals surface area (Å²) in [6, 6.07) is 4.98. The third kappa shape index (κ3) is 2.96. The lowest BCUT2D eigenvalue weighted by Crippen LogP contribution is -2.14. The minimum absolute atomic E-state index is 0.498. The molecule has 1 heterocycles. The summed E-state index contributed by atoms with van der Waals surface area (Å²) in [5.41, 5.74) is 0. The molecule has 1 aromatic rings. The molecule has 1 unspecified atom stereocenters. The highest BCUT2D eigenvalue weighted by Gasteiger charge is 2.10. The monoisotopic (exact) mass is 209 g/mol. The highest BCUT2D eigenvalue weighted by molar-refractivity contribution is 7.12. The van der Waals surface area contributed by atoms with Gasteiger partial charge in [0.05, 0.1) is 0 Å². The molecule has 0 saturated carbocycles. The first-order valence-electron chi connectivity index (χ1n) is 5.18. The van der Waals surface area contributed by atoms with Gasteiger partial charge in [-0.15, -0.1) is 17.9 Å². The molecule has 0 fully saturated rings. The fourth-order valence-electron chi connectivity index (χ4n) is 1.49. The molecule has 0 spiro atoms. The number of hydrogen-bond acceptors (Lipinski definition) is 2. The lowest BCUT2D eigenvalue weighted by Gasteiger charge is -2.12. The van der Waals surface area contributed by atoms with Crippen LogP contribution >= 0.6 is 11.3 Å². The van der Waals surface area contributed by atoms with Gasteiger partial charge in [0.15, 0.2) is 0 Å². The maximum Gasteiger partial charge on any atom is 0.0415 e. The van der Waals surface area contributed by atoms with Crippen LogP contribution in [0.5, 0.6) is 0 Å². The Morgan fingerprint density at radius 2 is 2.36 bits per heavy atom. The molecule has 1 aromatic heterocycles. The Labute approximate surface area is 90.9 Å². The molecular weight excluding hydrogens is 190 g/mol. The van der Waals surface area contributed by atoms with E-state index in [0.29, 0.717) is 6.04 Å². The summed E-state index contributed by atoms with van der Waals surface area (Å²) in [6.45, 7) is 5.96. The summed E-state index contributed by atoms with van der Waals surface area (Å²) in [7, 11) is 2.03. The van der Waals surface area contributed by atoms with Crippen molar-refractivity contribution in [2.24, 2.45) is 0 Å². The normalized spacial score (nSPS) is 12.7. The first-order valence-corrected chi connectivity index (χ1v) is 6.00. The Balaban J connectivity index is 2.63. The lowest BCUT2D eigenvalue weighted by atomic mass is 10.1. The Bertz CT molecular complexity index is 278. The van der Waals surface area contributed by atoms with Crippen molar-refractivity contribution in [2.45, 2.75) is 32.2 Å². The fourth-order valence-corrected chi connectivity index (χ4v) is 2.58. The van der Waals surface area contributed by atoms with Crippen molar-refractivity contribution in [3.63, 3.8) is 0 Å². The van der Waals surface area contributed by atoms with Crippen LogP contribution in [0.4, 0.5) is 0 Å². The van der Waals surface area contributed by atoms with Gasteiger partial charge in [-0.1, -0.05) is 13.0 Å². The Hall–Kier alpha value is -0.600. The van der Waals surface area contributed by atoms with Crippen LogP contribution in [0.1, 0.15) is 35.6 Å². The van der Waals surface area contributed by atoms with Crippen LogP contribution in [0.3, 0.4) is 0 Å². The van der Waals surface area contributed by atoms with Gasteiger partial charge in [-0.25, -0.2) is 0 Å². The largest absolute Gasteiger partial charge is 0.312 e. The van der Waals surface area contributed by atoms with Crippen LogP contribution in [0.2, 0.25) is 0 Å². The van der Waals surface area contributed by atoms with Crippen LogP contribution in [0, 0.1) is 0 Å². The van der Waals surface area contributed by atoms with Gasteiger partial charge in [-0.3, -0.25) is 0 Å². The molecule has 1 rings (SSSR count). The predicted molar refractivity (Wildman–Crippen MR) is 64.9 cm³/mol. The third-order valence-electron chi connectivity index (χ3n) is 2.38. The first-order chi connectivity index (χ1) is 6.81. The molecule has 0 radical (unpaired) electrons. The van der Waals surface area contributed by atoms with Gasteiger partial charge >= 0.3 is 0 Å². The Morgan fingerprint density at radius 3 is 2.86 bits per heavy atom. The van der Waals surface area contributed by atoms with Gasteiger partial charge in [-0.05, 0) is 38.4 Å². The second-order valence-electron chi connectivity index (χ2n) is 3.36. The summed E-state index contributed by atoms with van der Waals surface area (Å²) < 4.78 is 0. The molecule has 0 aliphatic heterocycles. The lowest BCUT2D eigenvalue weighted by molar-refractivity contribution is 0.564. The van der Waals surface area contributed by atoms with Gasteiger partial charge in [0, 0.05) is 15.8 Å². The number of hydrogen-bond donors (Lipinski definition) is 1. The van der Waals surface area contributed by atoms with Crippen LogP contribution in [0.15, 0.2) is 24.8 Å². The molecule has 1 nitrogen and oxygen atoms in total. The van der Waals surface area contributed by atoms with E-state index in [-0.39, 0.29) is 0 Å². The molecule has 1 N–H and O–H groups in total. The van der Waals surface area contributed by atoms with Crippen molar-refractivity contribution < 1.29 is 0 Å². The number of thiophene rings is 1. The van der Waals surface area contributed by atoms with E-state index < -0.39 is 0 Å². The van der Waals surface area contributed by atoms with E-state index >= 15 is 0 Å². The van der Waals surface area contributed by atoms with Gasteiger partial charge in [0.25, 0.3) is 0 Å². The van der Waals surface area contributed by atoms with E-state index in [1.54, 1.807) is 0 Å². The third-order valence-corrected chi connectivity index (χ3v) is 3.73. The molecular formula is C12H19NS. The Morgan fingerprint density at radius 1 is 1.57 bits per heavy atom. The molecule has 0 amide bonds. The maximum atomic E-state index is 3.76. The van der Waals surface area contributed by atoms with Gasteiger partial charge in [0.2, 0.25) is 0 Å². The van der Waals surface area contributed by atoms with Crippen LogP contribution in [-0.2, 0) is 6.42 Å². The van der Waals surface area contributed by atoms with E-state index in [9.17, 15) is 0 Å². The summed E-state index contributed by atoms with van der Waals surface area (Å²) in [5, 5.41) is 3.35. The summed E-state index contributed by atoms with van der Waals surface area (Å²) >= 11 is 1.92. The summed E-state index contributed by atoms with van der Waals surface area (Å²) in [6.07, 6.45) is 5.34. The quantitative estimate of drug-likeness (QED) is 0.707. The zero-order chi connectivity index (χ0) is 10.4. The van der Waals surface area contributed by atoms with Crippen molar-refractivity contribution in [3.8, 4) is 0 Å². The molecule has 0 aliphatic rings. The smallest absolute Gasteiger partial charge is 0.0415 e.